The van der Waals surface area contributed by atoms with Crippen LogP contribution >= 0.6 is 0 Å². The van der Waals surface area contributed by atoms with Crippen molar-refractivity contribution in [2.75, 3.05) is 0 Å². The Balaban J connectivity index is 5.65. The first kappa shape index (κ1) is 27.6. The molecule has 0 aliphatic rings. The number of carboxylic acid groups (broad SMARTS) is 1. The number of aliphatic carboxylic acids is 1. The smallest absolute Gasteiger partial charge is 0.388 e. The second-order valence-corrected chi connectivity index (χ2v) is 25.3. The van der Waals surface area contributed by atoms with Gasteiger partial charge in [-0.3, -0.25) is 0 Å². The lowest BCUT2D eigenvalue weighted by atomic mass is 10.3. The van der Waals surface area contributed by atoms with Gasteiger partial charge in [-0.05, 0) is 65.3 Å². The molecule has 0 aromatic carbocycles. The molecule has 0 heterocycles. The summed E-state index contributed by atoms with van der Waals surface area (Å²) in [5, 5.41) is 9.44. The number of carbonyl (C=O) groups is 1. The Morgan fingerprint density at radius 2 is 1.39 bits per heavy atom. The molecule has 0 bridgehead atoms. The van der Waals surface area contributed by atoms with Gasteiger partial charge in [-0.2, -0.15) is 13.2 Å². The maximum absolute atomic E-state index is 12.6. The van der Waals surface area contributed by atoms with Gasteiger partial charge >= 0.3 is 21.4 Å². The van der Waals surface area contributed by atoms with Gasteiger partial charge in [-0.1, -0.05) is 0 Å². The van der Waals surface area contributed by atoms with Crippen molar-refractivity contribution in [1.29, 1.82) is 0 Å². The maximum Gasteiger partial charge on any atom is 0.388 e. The largest absolute Gasteiger partial charge is 0.547 e. The molecule has 28 heavy (non-hydrogen) atoms. The molecule has 12 heteroatoms. The molecular weight excluding hydrogens is 442 g/mol. The first-order chi connectivity index (χ1) is 12.2. The topological polar surface area (TPSA) is 65.0 Å². The molecule has 1 N–H and O–H groups in total. The lowest BCUT2D eigenvalue weighted by Crippen LogP contribution is -2.44. The van der Waals surface area contributed by atoms with E-state index in [9.17, 15) is 23.1 Å². The molecule has 0 rings (SSSR count). The van der Waals surface area contributed by atoms with Crippen molar-refractivity contribution in [2.24, 2.45) is 0 Å². The third-order valence-electron chi connectivity index (χ3n) is 3.47. The predicted molar refractivity (Wildman–Crippen MR) is 115 cm³/mol. The van der Waals surface area contributed by atoms with Crippen LogP contribution in [0, 0.1) is 0 Å². The second-order valence-electron chi connectivity index (χ2n) is 9.42. The summed E-state index contributed by atoms with van der Waals surface area (Å²) >= 11 is 0. The summed E-state index contributed by atoms with van der Waals surface area (Å²) < 4.78 is 56.3. The third-order valence-corrected chi connectivity index (χ3v) is 14.2. The van der Waals surface area contributed by atoms with Gasteiger partial charge < -0.3 is 17.8 Å². The highest BCUT2D eigenvalue weighted by Crippen LogP contribution is 2.30. The SMILES string of the molecule is CC(C(=O)O)=C(C[SiH](O[Si](C)(C)C)O[Si](C)(C)C)O[Si](C)(C)CCC(F)(F)F. The fourth-order valence-corrected chi connectivity index (χ4v) is 12.6. The predicted octanol–water partition coefficient (Wildman–Crippen LogP) is 5.44. The third kappa shape index (κ3) is 13.7. The summed E-state index contributed by atoms with van der Waals surface area (Å²) in [7, 11) is -8.98. The average molecular weight is 477 g/mol. The number of carboxylic acids is 1. The van der Waals surface area contributed by atoms with E-state index < -0.39 is 52.8 Å². The normalized spacial score (nSPS) is 14.9. The van der Waals surface area contributed by atoms with Gasteiger partial charge in [0.05, 0.1) is 11.3 Å². The molecule has 0 radical (unpaired) electrons. The molecule has 0 amide bonds. The molecule has 0 aromatic rings. The monoisotopic (exact) mass is 476 g/mol. The lowest BCUT2D eigenvalue weighted by Gasteiger charge is -2.33. The van der Waals surface area contributed by atoms with E-state index in [1.54, 1.807) is 13.1 Å². The zero-order valence-corrected chi connectivity index (χ0v) is 22.6. The van der Waals surface area contributed by atoms with Crippen LogP contribution in [0.15, 0.2) is 11.3 Å². The zero-order chi connectivity index (χ0) is 22.6. The fraction of sp³-hybridized carbons (Fsp3) is 0.812. The van der Waals surface area contributed by atoms with E-state index in [2.05, 4.69) is 0 Å². The molecular formula is C16H35F3O5Si4. The highest BCUT2D eigenvalue weighted by atomic mass is 28.4. The standard InChI is InChI=1S/C16H35F3O5Si4/c1-13(15(20)21)14(22-28(8,9)11-10-16(17,18)19)12-25(23-26(2,3)4)24-27(5,6)7/h25H,10-12H2,1-9H3,(H,20,21). The molecule has 0 unspecified atom stereocenters. The van der Waals surface area contributed by atoms with Crippen LogP contribution < -0.4 is 0 Å². The molecule has 0 spiro atoms. The van der Waals surface area contributed by atoms with Crippen molar-refractivity contribution < 1.29 is 35.7 Å². The van der Waals surface area contributed by atoms with Crippen molar-refractivity contribution in [1.82, 2.24) is 0 Å². The molecule has 0 atom stereocenters. The molecule has 0 saturated carbocycles. The quantitative estimate of drug-likeness (QED) is 0.244. The summed E-state index contributed by atoms with van der Waals surface area (Å²) in [6, 6.07) is 0.0675. The summed E-state index contributed by atoms with van der Waals surface area (Å²) in [5.41, 5.74) is 0.00318. The van der Waals surface area contributed by atoms with E-state index in [0.717, 1.165) is 0 Å². The van der Waals surface area contributed by atoms with Crippen molar-refractivity contribution >= 4 is 40.2 Å². The maximum atomic E-state index is 12.6. The van der Waals surface area contributed by atoms with Crippen molar-refractivity contribution in [3.63, 3.8) is 0 Å². The molecule has 0 aromatic heterocycles. The summed E-state index contributed by atoms with van der Waals surface area (Å²) in [6.45, 7) is 16.9. The Bertz CT molecular complexity index is 550. The van der Waals surface area contributed by atoms with Crippen LogP contribution in [0.2, 0.25) is 64.5 Å². The van der Waals surface area contributed by atoms with Crippen molar-refractivity contribution in [2.45, 2.75) is 84.0 Å². The van der Waals surface area contributed by atoms with Gasteiger partial charge in [0.1, 0.15) is 0 Å². The van der Waals surface area contributed by atoms with Gasteiger partial charge in [0.15, 0.2) is 16.6 Å². The highest BCUT2D eigenvalue weighted by molar-refractivity contribution is 6.81. The lowest BCUT2D eigenvalue weighted by molar-refractivity contribution is -0.133. The Kier molecular flexibility index (Phi) is 9.92. The number of rotatable bonds is 11. The van der Waals surface area contributed by atoms with E-state index >= 15 is 0 Å². The van der Waals surface area contributed by atoms with Gasteiger partial charge in [-0.25, -0.2) is 4.79 Å². The minimum absolute atomic E-state index is 0.00318. The van der Waals surface area contributed by atoms with Crippen LogP contribution in [-0.2, 0) is 17.5 Å². The number of hydrogen-bond donors (Lipinski definition) is 1. The first-order valence-electron chi connectivity index (χ1n) is 9.25. The molecule has 0 fully saturated rings. The number of hydrogen-bond acceptors (Lipinski definition) is 4. The van der Waals surface area contributed by atoms with Crippen LogP contribution in [0.3, 0.4) is 0 Å². The Labute approximate surface area is 171 Å². The Hall–Kier alpha value is -0.412. The summed E-state index contributed by atoms with van der Waals surface area (Å²) in [5.74, 6) is -0.941. The molecule has 0 aliphatic heterocycles. The van der Waals surface area contributed by atoms with Gasteiger partial charge in [0.25, 0.3) is 0 Å². The number of allylic oxidation sites excluding steroid dienone is 1. The average Bonchev–Trinajstić information content (AvgIpc) is 2.39. The highest BCUT2D eigenvalue weighted by Gasteiger charge is 2.37. The van der Waals surface area contributed by atoms with Crippen molar-refractivity contribution in [3.05, 3.63) is 11.3 Å². The second kappa shape index (κ2) is 10.1. The van der Waals surface area contributed by atoms with Gasteiger partial charge in [-0.15, -0.1) is 0 Å². The van der Waals surface area contributed by atoms with Crippen LogP contribution in [0.4, 0.5) is 13.2 Å². The minimum Gasteiger partial charge on any atom is -0.547 e. The van der Waals surface area contributed by atoms with Crippen LogP contribution in [0.1, 0.15) is 13.3 Å². The van der Waals surface area contributed by atoms with Gasteiger partial charge in [0.2, 0.25) is 8.32 Å². The molecule has 5 nitrogen and oxygen atoms in total. The minimum atomic E-state index is -4.27. The fourth-order valence-electron chi connectivity index (χ4n) is 2.27. The van der Waals surface area contributed by atoms with Crippen LogP contribution in [0.5, 0.6) is 0 Å². The molecule has 0 saturated heterocycles. The van der Waals surface area contributed by atoms with Crippen molar-refractivity contribution in [3.8, 4) is 0 Å². The van der Waals surface area contributed by atoms with Gasteiger partial charge in [0, 0.05) is 12.5 Å². The van der Waals surface area contributed by atoms with E-state index in [1.807, 2.05) is 39.3 Å². The van der Waals surface area contributed by atoms with Crippen LogP contribution in [0.25, 0.3) is 0 Å². The number of alkyl halides is 3. The summed E-state index contributed by atoms with van der Waals surface area (Å²) in [4.78, 5) is 11.5. The van der Waals surface area contributed by atoms with E-state index in [1.165, 1.54) is 6.92 Å². The van der Waals surface area contributed by atoms with E-state index in [0.29, 0.717) is 0 Å². The number of halogens is 3. The molecule has 0 aliphatic carbocycles. The molecule has 166 valence electrons. The zero-order valence-electron chi connectivity index (χ0n) is 18.4. The first-order valence-corrected chi connectivity index (χ1v) is 20.9. The Morgan fingerprint density at radius 3 is 1.71 bits per heavy atom. The van der Waals surface area contributed by atoms with E-state index in [-0.39, 0.29) is 23.4 Å². The van der Waals surface area contributed by atoms with E-state index in [4.69, 9.17) is 12.7 Å². The Morgan fingerprint density at radius 1 is 0.964 bits per heavy atom. The van der Waals surface area contributed by atoms with Crippen LogP contribution in [-0.4, -0.2) is 51.5 Å². The summed E-state index contributed by atoms with van der Waals surface area (Å²) in [6.07, 6.45) is -5.21.